The maximum atomic E-state index is 14.2. The van der Waals surface area contributed by atoms with E-state index in [4.69, 9.17) is 11.6 Å². The van der Waals surface area contributed by atoms with Crippen LogP contribution in [0.25, 0.3) is 0 Å². The second-order valence-corrected chi connectivity index (χ2v) is 13.2. The highest BCUT2D eigenvalue weighted by Gasteiger charge is 2.34. The number of amides is 2. The molecule has 4 rings (SSSR count). The zero-order chi connectivity index (χ0) is 30.1. The van der Waals surface area contributed by atoms with Gasteiger partial charge < -0.3 is 10.2 Å². The van der Waals surface area contributed by atoms with E-state index in [0.29, 0.717) is 23.6 Å². The summed E-state index contributed by atoms with van der Waals surface area (Å²) in [4.78, 5) is 29.3. The fraction of sp³-hybridized carbons (Fsp3) is 0.394. The molecule has 9 heteroatoms. The third-order valence-electron chi connectivity index (χ3n) is 7.82. The van der Waals surface area contributed by atoms with Crippen LogP contribution in [-0.4, -0.2) is 50.3 Å². The highest BCUT2D eigenvalue weighted by Crippen LogP contribution is 2.26. The van der Waals surface area contributed by atoms with Gasteiger partial charge in [-0.3, -0.25) is 13.9 Å². The van der Waals surface area contributed by atoms with Gasteiger partial charge in [-0.05, 0) is 74.6 Å². The number of aryl methyl sites for hydroxylation is 1. The van der Waals surface area contributed by atoms with Gasteiger partial charge in [-0.15, -0.1) is 0 Å². The van der Waals surface area contributed by atoms with Gasteiger partial charge >= 0.3 is 0 Å². The molecule has 0 saturated heterocycles. The van der Waals surface area contributed by atoms with Gasteiger partial charge in [0.05, 0.1) is 10.6 Å². The molecule has 1 aliphatic rings. The van der Waals surface area contributed by atoms with Gasteiger partial charge in [0.2, 0.25) is 11.8 Å². The van der Waals surface area contributed by atoms with E-state index in [9.17, 15) is 18.0 Å². The largest absolute Gasteiger partial charge is 0.352 e. The molecule has 0 heterocycles. The van der Waals surface area contributed by atoms with Crippen LogP contribution in [0.5, 0.6) is 0 Å². The van der Waals surface area contributed by atoms with Crippen LogP contribution in [0.15, 0.2) is 83.8 Å². The molecule has 1 fully saturated rings. The highest BCUT2D eigenvalue weighted by atomic mass is 35.5. The van der Waals surface area contributed by atoms with Crippen LogP contribution in [0.4, 0.5) is 5.69 Å². The number of nitrogens with one attached hydrogen (secondary N) is 1. The Balaban J connectivity index is 1.66. The Bertz CT molecular complexity index is 1420. The minimum atomic E-state index is -4.13. The predicted octanol–water partition coefficient (Wildman–Crippen LogP) is 6.14. The third-order valence-corrected chi connectivity index (χ3v) is 9.86. The first-order valence-electron chi connectivity index (χ1n) is 14.7. The molecule has 0 unspecified atom stereocenters. The monoisotopic (exact) mass is 609 g/mol. The Morgan fingerprint density at radius 3 is 2.19 bits per heavy atom. The van der Waals surface area contributed by atoms with E-state index in [1.54, 1.807) is 17.0 Å². The van der Waals surface area contributed by atoms with Gasteiger partial charge in [-0.2, -0.15) is 0 Å². The summed E-state index contributed by atoms with van der Waals surface area (Å²) in [6.45, 7) is 3.63. The Kier molecular flexibility index (Phi) is 11.0. The van der Waals surface area contributed by atoms with Gasteiger partial charge in [0, 0.05) is 17.6 Å². The summed E-state index contributed by atoms with van der Waals surface area (Å²) in [5.41, 5.74) is 2.36. The maximum absolute atomic E-state index is 14.2. The Hall–Kier alpha value is -3.36. The summed E-state index contributed by atoms with van der Waals surface area (Å²) in [6, 6.07) is 22.0. The average molecular weight is 610 g/mol. The van der Waals surface area contributed by atoms with Crippen molar-refractivity contribution in [1.82, 2.24) is 10.2 Å². The van der Waals surface area contributed by atoms with Crippen LogP contribution in [0.1, 0.15) is 56.6 Å². The summed E-state index contributed by atoms with van der Waals surface area (Å²) in [6.07, 6.45) is 6.13. The standard InChI is InChI=1S/C33H40ClN3O4S/c1-3-31(33(39)35-28-12-8-5-9-13-28)36(23-22-26-10-6-4-7-11-26)32(38)24-37(29-18-14-25(2)15-19-29)42(40,41)30-20-16-27(34)17-21-30/h4,6-7,10-11,14-21,28,31H,3,5,8-9,12-13,22-24H2,1-2H3,(H,35,39)/t31-/m0/s1. The molecule has 3 aromatic carbocycles. The van der Waals surface area contributed by atoms with Crippen LogP contribution in [0.3, 0.4) is 0 Å². The van der Waals surface area contributed by atoms with E-state index in [1.807, 2.05) is 56.3 Å². The lowest BCUT2D eigenvalue weighted by atomic mass is 9.95. The van der Waals surface area contributed by atoms with Crippen molar-refractivity contribution in [3.8, 4) is 0 Å². The second kappa shape index (κ2) is 14.7. The number of benzene rings is 3. The molecule has 42 heavy (non-hydrogen) atoms. The second-order valence-electron chi connectivity index (χ2n) is 10.9. The number of carbonyl (C=O) groups excluding carboxylic acids is 2. The summed E-state index contributed by atoms with van der Waals surface area (Å²) >= 11 is 6.03. The summed E-state index contributed by atoms with van der Waals surface area (Å²) in [5.74, 6) is -0.622. The molecule has 0 aliphatic heterocycles. The molecule has 2 amide bonds. The van der Waals surface area contributed by atoms with Gasteiger partial charge in [-0.1, -0.05) is 85.8 Å². The Morgan fingerprint density at radius 1 is 0.929 bits per heavy atom. The lowest BCUT2D eigenvalue weighted by molar-refractivity contribution is -0.140. The number of hydrogen-bond donors (Lipinski definition) is 1. The van der Waals surface area contributed by atoms with Gasteiger partial charge in [-0.25, -0.2) is 8.42 Å². The number of sulfonamides is 1. The van der Waals surface area contributed by atoms with E-state index in [0.717, 1.165) is 41.1 Å². The molecule has 0 bridgehead atoms. The number of hydrogen-bond acceptors (Lipinski definition) is 4. The Morgan fingerprint density at radius 2 is 1.57 bits per heavy atom. The molecule has 1 saturated carbocycles. The minimum absolute atomic E-state index is 0.0261. The number of anilines is 1. The molecule has 1 atom stereocenters. The van der Waals surface area contributed by atoms with Crippen molar-refractivity contribution < 1.29 is 18.0 Å². The zero-order valence-corrected chi connectivity index (χ0v) is 25.9. The first-order chi connectivity index (χ1) is 20.2. The fourth-order valence-electron chi connectivity index (χ4n) is 5.41. The van der Waals surface area contributed by atoms with Crippen molar-refractivity contribution in [2.75, 3.05) is 17.4 Å². The lowest BCUT2D eigenvalue weighted by Gasteiger charge is -2.34. The van der Waals surface area contributed by atoms with Crippen molar-refractivity contribution >= 4 is 39.1 Å². The average Bonchev–Trinajstić information content (AvgIpc) is 2.99. The predicted molar refractivity (Wildman–Crippen MR) is 168 cm³/mol. The van der Waals surface area contributed by atoms with E-state index in [2.05, 4.69) is 5.32 Å². The van der Waals surface area contributed by atoms with E-state index in [1.165, 1.54) is 30.7 Å². The van der Waals surface area contributed by atoms with Crippen LogP contribution >= 0.6 is 11.6 Å². The van der Waals surface area contributed by atoms with Crippen LogP contribution in [0.2, 0.25) is 5.02 Å². The van der Waals surface area contributed by atoms with Crippen LogP contribution < -0.4 is 9.62 Å². The quantitative estimate of drug-likeness (QED) is 0.267. The normalized spacial score (nSPS) is 14.6. The van der Waals surface area contributed by atoms with E-state index >= 15 is 0 Å². The molecular weight excluding hydrogens is 570 g/mol. The van der Waals surface area contributed by atoms with Crippen molar-refractivity contribution in [2.24, 2.45) is 0 Å². The first-order valence-corrected chi connectivity index (χ1v) is 16.5. The summed E-state index contributed by atoms with van der Waals surface area (Å²) < 4.78 is 29.0. The molecule has 224 valence electrons. The van der Waals surface area contributed by atoms with Crippen LogP contribution in [-0.2, 0) is 26.0 Å². The SMILES string of the molecule is CC[C@@H](C(=O)NC1CCCCC1)N(CCc1ccccc1)C(=O)CN(c1ccc(C)cc1)S(=O)(=O)c1ccc(Cl)cc1. The van der Waals surface area contributed by atoms with E-state index in [-0.39, 0.29) is 23.4 Å². The molecule has 1 aliphatic carbocycles. The smallest absolute Gasteiger partial charge is 0.264 e. The first kappa shape index (κ1) is 31.6. The molecule has 3 aromatic rings. The third kappa shape index (κ3) is 8.13. The van der Waals surface area contributed by atoms with Crippen molar-refractivity contribution in [2.45, 2.75) is 75.8 Å². The lowest BCUT2D eigenvalue weighted by Crippen LogP contribution is -2.54. The highest BCUT2D eigenvalue weighted by molar-refractivity contribution is 7.92. The van der Waals surface area contributed by atoms with E-state index < -0.39 is 28.5 Å². The zero-order valence-electron chi connectivity index (χ0n) is 24.3. The minimum Gasteiger partial charge on any atom is -0.352 e. The molecule has 0 aromatic heterocycles. The molecule has 0 radical (unpaired) electrons. The van der Waals surface area contributed by atoms with Crippen molar-refractivity contribution in [3.05, 3.63) is 95.0 Å². The Labute approximate surface area is 254 Å². The fourth-order valence-corrected chi connectivity index (χ4v) is 6.95. The van der Waals surface area contributed by atoms with Crippen molar-refractivity contribution in [1.29, 1.82) is 0 Å². The number of carbonyl (C=O) groups is 2. The molecule has 1 N–H and O–H groups in total. The van der Waals surface area contributed by atoms with Gasteiger partial charge in [0.25, 0.3) is 10.0 Å². The summed E-state index contributed by atoms with van der Waals surface area (Å²) in [5, 5.41) is 3.59. The molecular formula is C33H40ClN3O4S. The van der Waals surface area contributed by atoms with Gasteiger partial charge in [0.1, 0.15) is 12.6 Å². The van der Waals surface area contributed by atoms with Crippen molar-refractivity contribution in [3.63, 3.8) is 0 Å². The number of rotatable bonds is 12. The summed E-state index contributed by atoms with van der Waals surface area (Å²) in [7, 11) is -4.13. The number of nitrogens with zero attached hydrogens (tertiary/aromatic N) is 2. The number of halogens is 1. The molecule has 7 nitrogen and oxygen atoms in total. The topological polar surface area (TPSA) is 86.8 Å². The molecule has 0 spiro atoms. The van der Waals surface area contributed by atoms with Crippen LogP contribution in [0, 0.1) is 6.92 Å². The van der Waals surface area contributed by atoms with Gasteiger partial charge in [0.15, 0.2) is 0 Å². The maximum Gasteiger partial charge on any atom is 0.264 e.